The molecule has 0 aromatic heterocycles. The summed E-state index contributed by atoms with van der Waals surface area (Å²) in [4.78, 5) is 10.7. The van der Waals surface area contributed by atoms with Crippen LogP contribution in [0.15, 0.2) is 0 Å². The Kier molecular flexibility index (Phi) is 13.3. The van der Waals surface area contributed by atoms with E-state index in [-0.39, 0.29) is 37.0 Å². The molecule has 0 aromatic carbocycles. The lowest BCUT2D eigenvalue weighted by Gasteiger charge is -2.21. The van der Waals surface area contributed by atoms with E-state index in [1.165, 1.54) is 6.92 Å². The van der Waals surface area contributed by atoms with Gasteiger partial charge < -0.3 is 23.7 Å². The zero-order valence-electron chi connectivity index (χ0n) is 15.5. The Morgan fingerprint density at radius 1 is 0.739 bits per heavy atom. The fourth-order valence-corrected chi connectivity index (χ4v) is 1.65. The summed E-state index contributed by atoms with van der Waals surface area (Å²) in [7, 11) is 0. The van der Waals surface area contributed by atoms with Gasteiger partial charge in [-0.05, 0) is 34.1 Å². The molecule has 0 aliphatic heterocycles. The van der Waals surface area contributed by atoms with Crippen LogP contribution >= 0.6 is 0 Å². The summed E-state index contributed by atoms with van der Waals surface area (Å²) in [5.41, 5.74) is 0. The SMILES string of the molecule is CCCOC(C)COC(C)COC(C)COC(C)COC(C)=O. The van der Waals surface area contributed by atoms with Crippen molar-refractivity contribution in [1.29, 1.82) is 0 Å². The third-order valence-corrected chi connectivity index (χ3v) is 2.97. The Morgan fingerprint density at radius 3 is 1.52 bits per heavy atom. The lowest BCUT2D eigenvalue weighted by Crippen LogP contribution is -2.28. The summed E-state index contributed by atoms with van der Waals surface area (Å²) in [6.07, 6.45) is 0.921. The third-order valence-electron chi connectivity index (χ3n) is 2.97. The van der Waals surface area contributed by atoms with Crippen molar-refractivity contribution < 1.29 is 28.5 Å². The Labute approximate surface area is 140 Å². The first kappa shape index (κ1) is 22.3. The lowest BCUT2D eigenvalue weighted by atomic mass is 10.3. The highest BCUT2D eigenvalue weighted by Gasteiger charge is 2.11. The van der Waals surface area contributed by atoms with Gasteiger partial charge in [0.05, 0.1) is 44.2 Å². The maximum Gasteiger partial charge on any atom is 0.302 e. The van der Waals surface area contributed by atoms with Crippen molar-refractivity contribution in [3.05, 3.63) is 0 Å². The van der Waals surface area contributed by atoms with E-state index < -0.39 is 0 Å². The van der Waals surface area contributed by atoms with Gasteiger partial charge >= 0.3 is 5.97 Å². The molecule has 138 valence electrons. The molecule has 0 rings (SSSR count). The van der Waals surface area contributed by atoms with Crippen LogP contribution in [0.3, 0.4) is 0 Å². The quantitative estimate of drug-likeness (QED) is 0.455. The van der Waals surface area contributed by atoms with Crippen LogP contribution in [0.1, 0.15) is 48.0 Å². The first-order chi connectivity index (χ1) is 10.8. The van der Waals surface area contributed by atoms with Crippen LogP contribution in [0.5, 0.6) is 0 Å². The summed E-state index contributed by atoms with van der Waals surface area (Å²) in [5.74, 6) is -0.298. The minimum Gasteiger partial charge on any atom is -0.463 e. The molecule has 6 nitrogen and oxygen atoms in total. The fourth-order valence-electron chi connectivity index (χ4n) is 1.65. The number of hydrogen-bond acceptors (Lipinski definition) is 6. The minimum absolute atomic E-state index is 0.00333. The maximum absolute atomic E-state index is 10.7. The van der Waals surface area contributed by atoms with Crippen molar-refractivity contribution in [2.24, 2.45) is 0 Å². The van der Waals surface area contributed by atoms with Crippen LogP contribution in [-0.2, 0) is 28.5 Å². The number of hydrogen-bond donors (Lipinski definition) is 0. The zero-order chi connectivity index (χ0) is 17.7. The Bertz CT molecular complexity index is 297. The molecule has 0 aliphatic carbocycles. The van der Waals surface area contributed by atoms with Crippen molar-refractivity contribution in [3.8, 4) is 0 Å². The smallest absolute Gasteiger partial charge is 0.302 e. The topological polar surface area (TPSA) is 63.2 Å². The van der Waals surface area contributed by atoms with Crippen LogP contribution in [-0.4, -0.2) is 63.4 Å². The summed E-state index contributed by atoms with van der Waals surface area (Å²) >= 11 is 0. The highest BCUT2D eigenvalue weighted by atomic mass is 16.6. The monoisotopic (exact) mass is 334 g/mol. The molecule has 0 fully saturated rings. The van der Waals surface area contributed by atoms with E-state index in [2.05, 4.69) is 6.92 Å². The Balaban J connectivity index is 3.66. The predicted octanol–water partition coefficient (Wildman–Crippen LogP) is 2.58. The van der Waals surface area contributed by atoms with E-state index in [9.17, 15) is 4.79 Å². The standard InChI is InChI=1S/C17H34O6/c1-7-8-19-13(2)9-20-14(3)10-21-15(4)11-22-16(5)12-23-17(6)18/h13-16H,7-12H2,1-6H3. The number of esters is 1. The van der Waals surface area contributed by atoms with Crippen molar-refractivity contribution in [2.75, 3.05) is 33.0 Å². The van der Waals surface area contributed by atoms with Crippen LogP contribution in [0.25, 0.3) is 0 Å². The van der Waals surface area contributed by atoms with Crippen molar-refractivity contribution in [1.82, 2.24) is 0 Å². The second-order valence-corrected chi connectivity index (χ2v) is 5.92. The summed E-state index contributed by atoms with van der Waals surface area (Å²) < 4.78 is 27.4. The molecular weight excluding hydrogens is 300 g/mol. The molecule has 0 spiro atoms. The van der Waals surface area contributed by atoms with Gasteiger partial charge in [0, 0.05) is 13.5 Å². The third kappa shape index (κ3) is 14.6. The molecule has 6 heteroatoms. The molecule has 0 saturated carbocycles. The number of carbonyl (C=O) groups is 1. The molecule has 23 heavy (non-hydrogen) atoms. The Morgan fingerprint density at radius 2 is 1.13 bits per heavy atom. The zero-order valence-corrected chi connectivity index (χ0v) is 15.5. The first-order valence-electron chi connectivity index (χ1n) is 8.44. The molecule has 0 radical (unpaired) electrons. The lowest BCUT2D eigenvalue weighted by molar-refractivity contribution is -0.146. The average Bonchev–Trinajstić information content (AvgIpc) is 2.52. The summed E-state index contributed by atoms with van der Waals surface area (Å²) in [6.45, 7) is 13.8. The van der Waals surface area contributed by atoms with Gasteiger partial charge in [-0.1, -0.05) is 6.92 Å². The van der Waals surface area contributed by atoms with E-state index in [4.69, 9.17) is 23.7 Å². The molecule has 0 aromatic rings. The van der Waals surface area contributed by atoms with Crippen LogP contribution in [0, 0.1) is 0 Å². The molecule has 0 aliphatic rings. The molecule has 0 saturated heterocycles. The minimum atomic E-state index is -0.298. The van der Waals surface area contributed by atoms with Gasteiger partial charge in [-0.25, -0.2) is 0 Å². The normalized spacial score (nSPS) is 16.6. The van der Waals surface area contributed by atoms with Crippen LogP contribution < -0.4 is 0 Å². The maximum atomic E-state index is 10.7. The van der Waals surface area contributed by atoms with E-state index in [0.29, 0.717) is 19.8 Å². The molecule has 0 heterocycles. The average molecular weight is 334 g/mol. The van der Waals surface area contributed by atoms with E-state index in [1.54, 1.807) is 0 Å². The van der Waals surface area contributed by atoms with Gasteiger partial charge in [0.15, 0.2) is 0 Å². The highest BCUT2D eigenvalue weighted by molar-refractivity contribution is 5.65. The summed E-state index contributed by atoms with van der Waals surface area (Å²) in [5, 5.41) is 0. The molecule has 4 unspecified atom stereocenters. The molecule has 0 amide bonds. The van der Waals surface area contributed by atoms with Crippen LogP contribution in [0.4, 0.5) is 0 Å². The van der Waals surface area contributed by atoms with Crippen molar-refractivity contribution in [3.63, 3.8) is 0 Å². The first-order valence-corrected chi connectivity index (χ1v) is 8.44. The van der Waals surface area contributed by atoms with Gasteiger partial charge in [0.1, 0.15) is 6.61 Å². The van der Waals surface area contributed by atoms with Gasteiger partial charge in [0.2, 0.25) is 0 Å². The largest absolute Gasteiger partial charge is 0.463 e. The predicted molar refractivity (Wildman–Crippen MR) is 88.6 cm³/mol. The van der Waals surface area contributed by atoms with Gasteiger partial charge in [-0.15, -0.1) is 0 Å². The second kappa shape index (κ2) is 13.7. The van der Waals surface area contributed by atoms with Gasteiger partial charge in [-0.3, -0.25) is 4.79 Å². The van der Waals surface area contributed by atoms with E-state index in [1.807, 2.05) is 27.7 Å². The molecule has 0 N–H and O–H groups in total. The van der Waals surface area contributed by atoms with Gasteiger partial charge in [0.25, 0.3) is 0 Å². The number of ether oxygens (including phenoxy) is 5. The fraction of sp³-hybridized carbons (Fsp3) is 0.941. The number of carbonyl (C=O) groups excluding carboxylic acids is 1. The molecule has 0 bridgehead atoms. The molecule has 4 atom stereocenters. The van der Waals surface area contributed by atoms with Crippen LogP contribution in [0.2, 0.25) is 0 Å². The van der Waals surface area contributed by atoms with E-state index in [0.717, 1.165) is 13.0 Å². The van der Waals surface area contributed by atoms with E-state index >= 15 is 0 Å². The molecular formula is C17H34O6. The number of rotatable bonds is 14. The Hall–Kier alpha value is -0.690. The van der Waals surface area contributed by atoms with Crippen molar-refractivity contribution in [2.45, 2.75) is 72.4 Å². The summed E-state index contributed by atoms with van der Waals surface area (Å²) in [6, 6.07) is 0. The highest BCUT2D eigenvalue weighted by Crippen LogP contribution is 2.02. The van der Waals surface area contributed by atoms with Gasteiger partial charge in [-0.2, -0.15) is 0 Å². The van der Waals surface area contributed by atoms with Crippen molar-refractivity contribution >= 4 is 5.97 Å². The second-order valence-electron chi connectivity index (χ2n) is 5.92.